The fourth-order valence-electron chi connectivity index (χ4n) is 5.67. The summed E-state index contributed by atoms with van der Waals surface area (Å²) in [6.07, 6.45) is 2.79. The van der Waals surface area contributed by atoms with E-state index in [0.717, 1.165) is 59.5 Å². The molecule has 178 valence electrons. The van der Waals surface area contributed by atoms with Crippen LogP contribution in [0.1, 0.15) is 73.2 Å². The highest BCUT2D eigenvalue weighted by molar-refractivity contribution is 6.30. The van der Waals surface area contributed by atoms with Crippen molar-refractivity contribution in [3.8, 4) is 17.0 Å². The van der Waals surface area contributed by atoms with Crippen molar-refractivity contribution in [1.29, 1.82) is 0 Å². The van der Waals surface area contributed by atoms with Crippen LogP contribution in [0, 0.1) is 0 Å². The van der Waals surface area contributed by atoms with Gasteiger partial charge in [-0.3, -0.25) is 4.79 Å². The van der Waals surface area contributed by atoms with Crippen LogP contribution in [0.25, 0.3) is 11.3 Å². The van der Waals surface area contributed by atoms with Crippen molar-refractivity contribution in [2.75, 3.05) is 7.11 Å². The average Bonchev–Trinajstić information content (AvgIpc) is 3.35. The van der Waals surface area contributed by atoms with Gasteiger partial charge in [0.2, 0.25) is 0 Å². The summed E-state index contributed by atoms with van der Waals surface area (Å²) in [4.78, 5) is 16.1. The van der Waals surface area contributed by atoms with Crippen LogP contribution in [0.5, 0.6) is 5.75 Å². The van der Waals surface area contributed by atoms with Crippen LogP contribution >= 0.6 is 11.6 Å². The van der Waals surface area contributed by atoms with E-state index in [9.17, 15) is 9.90 Å². The van der Waals surface area contributed by atoms with E-state index in [0.29, 0.717) is 5.02 Å². The third-order valence-electron chi connectivity index (χ3n) is 7.22. The molecular weight excluding hydrogens is 448 g/mol. The summed E-state index contributed by atoms with van der Waals surface area (Å²) in [6.45, 7) is 4.31. The number of benzene rings is 2. The van der Waals surface area contributed by atoms with Crippen LogP contribution in [0.3, 0.4) is 0 Å². The molecule has 5 nitrogen and oxygen atoms in total. The Morgan fingerprint density at radius 3 is 2.32 bits per heavy atom. The zero-order valence-electron chi connectivity index (χ0n) is 19.9. The maximum Gasteiger partial charge on any atom is 0.256 e. The zero-order chi connectivity index (χ0) is 24.0. The van der Waals surface area contributed by atoms with Crippen molar-refractivity contribution in [3.63, 3.8) is 0 Å². The second kappa shape index (κ2) is 9.12. The molecule has 1 aliphatic carbocycles. The maximum absolute atomic E-state index is 14.0. The molecule has 1 fully saturated rings. The standard InChI is InChI=1S/C28H31ClN2O3/c1-17(2)30-24(22-6-4-5-7-25(22)34-3)16-23-27(30)26(18-8-10-19(29)11-9-18)31(28(23)33)20-12-14-21(32)15-13-20/h4-11,16-17,20-21,26,32H,12-15H2,1-3H3. The SMILES string of the molecule is COc1ccccc1-c1cc2c(n1C(C)C)C(c1ccc(Cl)cc1)N(C1CCC(O)CC1)C2=O. The molecule has 2 aromatic carbocycles. The molecule has 0 saturated heterocycles. The third-order valence-corrected chi connectivity index (χ3v) is 7.47. The van der Waals surface area contributed by atoms with Crippen LogP contribution in [-0.4, -0.2) is 39.7 Å². The van der Waals surface area contributed by atoms with E-state index in [-0.39, 0.29) is 30.1 Å². The number of hydrogen-bond acceptors (Lipinski definition) is 3. The van der Waals surface area contributed by atoms with Crippen LogP contribution < -0.4 is 4.74 Å². The second-order valence-corrected chi connectivity index (χ2v) is 10.1. The molecule has 6 heteroatoms. The van der Waals surface area contributed by atoms with Crippen molar-refractivity contribution < 1.29 is 14.6 Å². The van der Waals surface area contributed by atoms with E-state index in [4.69, 9.17) is 16.3 Å². The molecule has 34 heavy (non-hydrogen) atoms. The molecule has 1 aliphatic heterocycles. The first-order valence-electron chi connectivity index (χ1n) is 12.1. The lowest BCUT2D eigenvalue weighted by Gasteiger charge is -2.38. The Balaban J connectivity index is 1.70. The number of halogens is 1. The van der Waals surface area contributed by atoms with Crippen molar-refractivity contribution in [1.82, 2.24) is 9.47 Å². The quantitative estimate of drug-likeness (QED) is 0.471. The Kier molecular flexibility index (Phi) is 6.17. The van der Waals surface area contributed by atoms with Crippen molar-refractivity contribution >= 4 is 17.5 Å². The molecule has 3 aromatic rings. The van der Waals surface area contributed by atoms with Gasteiger partial charge in [0.05, 0.1) is 36.2 Å². The van der Waals surface area contributed by atoms with E-state index >= 15 is 0 Å². The minimum absolute atomic E-state index is 0.0619. The Hall–Kier alpha value is -2.76. The minimum Gasteiger partial charge on any atom is -0.496 e. The van der Waals surface area contributed by atoms with Crippen molar-refractivity contribution in [2.24, 2.45) is 0 Å². The number of para-hydroxylation sites is 1. The number of carbonyl (C=O) groups is 1. The van der Waals surface area contributed by atoms with Gasteiger partial charge in [-0.05, 0) is 75.4 Å². The van der Waals surface area contributed by atoms with Gasteiger partial charge in [0.15, 0.2) is 0 Å². The molecule has 1 saturated carbocycles. The van der Waals surface area contributed by atoms with Crippen LogP contribution in [0.2, 0.25) is 5.02 Å². The van der Waals surface area contributed by atoms with Gasteiger partial charge in [0.1, 0.15) is 5.75 Å². The topological polar surface area (TPSA) is 54.7 Å². The number of rotatable bonds is 5. The van der Waals surface area contributed by atoms with E-state index in [1.165, 1.54) is 0 Å². The molecule has 2 aliphatic rings. The van der Waals surface area contributed by atoms with Crippen molar-refractivity contribution in [3.05, 3.63) is 76.4 Å². The summed E-state index contributed by atoms with van der Waals surface area (Å²) in [5, 5.41) is 10.8. The summed E-state index contributed by atoms with van der Waals surface area (Å²) < 4.78 is 7.96. The van der Waals surface area contributed by atoms with Crippen molar-refractivity contribution in [2.45, 2.75) is 63.8 Å². The number of carbonyl (C=O) groups excluding carboxylic acids is 1. The molecule has 0 bridgehead atoms. The number of aliphatic hydroxyl groups is 1. The highest BCUT2D eigenvalue weighted by atomic mass is 35.5. The summed E-state index contributed by atoms with van der Waals surface area (Å²) >= 11 is 6.22. The fraction of sp³-hybridized carbons (Fsp3) is 0.393. The Bertz CT molecular complexity index is 1190. The van der Waals surface area contributed by atoms with Crippen LogP contribution in [-0.2, 0) is 0 Å². The largest absolute Gasteiger partial charge is 0.496 e. The predicted molar refractivity (Wildman–Crippen MR) is 135 cm³/mol. The van der Waals surface area contributed by atoms with Gasteiger partial charge in [0.25, 0.3) is 5.91 Å². The second-order valence-electron chi connectivity index (χ2n) is 9.62. The van der Waals surface area contributed by atoms with E-state index < -0.39 is 0 Å². The van der Waals surface area contributed by atoms with Gasteiger partial charge in [0, 0.05) is 22.7 Å². The first kappa shape index (κ1) is 23.0. The summed E-state index contributed by atoms with van der Waals surface area (Å²) in [6, 6.07) is 17.9. The third kappa shape index (κ3) is 3.81. The molecule has 2 heterocycles. The maximum atomic E-state index is 14.0. The fourth-order valence-corrected chi connectivity index (χ4v) is 5.80. The minimum atomic E-state index is -0.271. The monoisotopic (exact) mass is 478 g/mol. The first-order chi connectivity index (χ1) is 16.4. The van der Waals surface area contributed by atoms with Gasteiger partial charge in [-0.15, -0.1) is 0 Å². The molecule has 1 aromatic heterocycles. The molecule has 5 rings (SSSR count). The molecule has 1 amide bonds. The number of ether oxygens (including phenoxy) is 1. The molecule has 1 unspecified atom stereocenters. The summed E-state index contributed by atoms with van der Waals surface area (Å²) in [5.74, 6) is 0.848. The zero-order valence-corrected chi connectivity index (χ0v) is 20.6. The number of aromatic nitrogens is 1. The van der Waals surface area contributed by atoms with Gasteiger partial charge in [-0.1, -0.05) is 35.9 Å². The molecule has 1 atom stereocenters. The van der Waals surface area contributed by atoms with Gasteiger partial charge >= 0.3 is 0 Å². The lowest BCUT2D eigenvalue weighted by molar-refractivity contribution is 0.0458. The lowest BCUT2D eigenvalue weighted by atomic mass is 9.90. The molecule has 0 spiro atoms. The number of methoxy groups -OCH3 is 1. The smallest absolute Gasteiger partial charge is 0.256 e. The lowest BCUT2D eigenvalue weighted by Crippen LogP contribution is -2.42. The number of nitrogens with zero attached hydrogens (tertiary/aromatic N) is 2. The van der Waals surface area contributed by atoms with E-state index in [2.05, 4.69) is 23.3 Å². The van der Waals surface area contributed by atoms with Crippen LogP contribution in [0.15, 0.2) is 54.6 Å². The average molecular weight is 479 g/mol. The Labute approximate surface area is 205 Å². The van der Waals surface area contributed by atoms with E-state index in [1.807, 2.05) is 54.6 Å². The summed E-state index contributed by atoms with van der Waals surface area (Å²) in [7, 11) is 1.68. The van der Waals surface area contributed by atoms with Crippen LogP contribution in [0.4, 0.5) is 0 Å². The first-order valence-corrected chi connectivity index (χ1v) is 12.4. The van der Waals surface area contributed by atoms with Gasteiger partial charge in [-0.2, -0.15) is 0 Å². The Morgan fingerprint density at radius 2 is 1.68 bits per heavy atom. The highest BCUT2D eigenvalue weighted by Crippen LogP contribution is 2.47. The number of aliphatic hydroxyl groups excluding tert-OH is 1. The molecule has 1 N–H and O–H groups in total. The summed E-state index contributed by atoms with van der Waals surface area (Å²) in [5.41, 5.74) is 4.79. The molecular formula is C28H31ClN2O3. The normalized spacial score (nSPS) is 22.4. The number of hydrogen-bond donors (Lipinski definition) is 1. The van der Waals surface area contributed by atoms with E-state index in [1.54, 1.807) is 7.11 Å². The van der Waals surface area contributed by atoms with Gasteiger partial charge < -0.3 is 19.3 Å². The van der Waals surface area contributed by atoms with Gasteiger partial charge in [-0.25, -0.2) is 0 Å². The number of amides is 1. The molecule has 0 radical (unpaired) electrons. The predicted octanol–water partition coefficient (Wildman–Crippen LogP) is 6.25. The number of fused-ring (bicyclic) bond motifs is 1. The highest BCUT2D eigenvalue weighted by Gasteiger charge is 2.46. The Morgan fingerprint density at radius 1 is 1.00 bits per heavy atom.